The normalized spacial score (nSPS) is 16.1. The van der Waals surface area contributed by atoms with Gasteiger partial charge < -0.3 is 20.4 Å². The molecule has 1 aliphatic rings. The molecular formula is C26H32N2O5. The highest BCUT2D eigenvalue weighted by atomic mass is 16.4. The maximum absolute atomic E-state index is 12.6. The number of aliphatic carboxylic acids is 1. The van der Waals surface area contributed by atoms with Crippen LogP contribution in [0, 0.1) is 5.92 Å². The number of aliphatic hydroxyl groups is 1. The molecule has 0 bridgehead atoms. The van der Waals surface area contributed by atoms with Crippen molar-refractivity contribution < 1.29 is 24.6 Å². The van der Waals surface area contributed by atoms with Crippen LogP contribution in [0.3, 0.4) is 0 Å². The van der Waals surface area contributed by atoms with Crippen molar-refractivity contribution in [2.75, 3.05) is 13.1 Å². The molecule has 0 spiro atoms. The van der Waals surface area contributed by atoms with E-state index in [4.69, 9.17) is 0 Å². The molecule has 33 heavy (non-hydrogen) atoms. The Balaban J connectivity index is 1.40. The number of amides is 2. The van der Waals surface area contributed by atoms with Gasteiger partial charge in [-0.1, -0.05) is 60.7 Å². The van der Waals surface area contributed by atoms with Crippen LogP contribution in [0.4, 0.5) is 0 Å². The first-order valence-corrected chi connectivity index (χ1v) is 11.5. The molecule has 2 aromatic rings. The molecule has 1 fully saturated rings. The molecule has 7 nitrogen and oxygen atoms in total. The molecule has 0 aromatic heterocycles. The number of piperidine rings is 1. The Kier molecular flexibility index (Phi) is 9.01. The fourth-order valence-electron chi connectivity index (χ4n) is 4.25. The monoisotopic (exact) mass is 452 g/mol. The van der Waals surface area contributed by atoms with Crippen LogP contribution in [-0.2, 0) is 27.2 Å². The number of carboxylic acids is 1. The summed E-state index contributed by atoms with van der Waals surface area (Å²) in [5.41, 5.74) is 2.09. The Morgan fingerprint density at radius 2 is 1.48 bits per heavy atom. The number of nitrogens with one attached hydrogen (secondary N) is 1. The molecule has 2 amide bonds. The van der Waals surface area contributed by atoms with E-state index in [9.17, 15) is 24.6 Å². The molecule has 3 N–H and O–H groups in total. The number of benzene rings is 2. The number of carboxylic acid groups (broad SMARTS) is 1. The van der Waals surface area contributed by atoms with Crippen LogP contribution in [0.5, 0.6) is 0 Å². The van der Waals surface area contributed by atoms with E-state index < -0.39 is 24.0 Å². The average molecular weight is 453 g/mol. The van der Waals surface area contributed by atoms with Crippen molar-refractivity contribution in [3.8, 4) is 0 Å². The van der Waals surface area contributed by atoms with Crippen molar-refractivity contribution in [2.24, 2.45) is 5.92 Å². The highest BCUT2D eigenvalue weighted by Gasteiger charge is 2.26. The zero-order chi connectivity index (χ0) is 23.6. The first kappa shape index (κ1) is 24.5. The van der Waals surface area contributed by atoms with Gasteiger partial charge in [-0.15, -0.1) is 0 Å². The standard InChI is InChI=1S/C26H32N2O5/c29-22(17-24(30)27-23(26(32)33)16-20-9-5-2-6-10-20)18-25(31)28-13-11-21(12-14-28)15-19-7-3-1-4-8-19/h1-10,21-23,29H,11-18H2,(H,27,30)(H,32,33). The summed E-state index contributed by atoms with van der Waals surface area (Å²) in [6, 6.07) is 18.2. The zero-order valence-electron chi connectivity index (χ0n) is 18.7. The van der Waals surface area contributed by atoms with E-state index in [1.54, 1.807) is 29.2 Å². The first-order chi connectivity index (χ1) is 15.9. The molecule has 0 aliphatic carbocycles. The maximum atomic E-state index is 12.6. The summed E-state index contributed by atoms with van der Waals surface area (Å²) in [5.74, 6) is -1.37. The second kappa shape index (κ2) is 12.2. The predicted molar refractivity (Wildman–Crippen MR) is 124 cm³/mol. The summed E-state index contributed by atoms with van der Waals surface area (Å²) in [7, 11) is 0. The van der Waals surface area contributed by atoms with E-state index in [1.165, 1.54) is 5.56 Å². The lowest BCUT2D eigenvalue weighted by atomic mass is 9.90. The minimum Gasteiger partial charge on any atom is -0.480 e. The summed E-state index contributed by atoms with van der Waals surface area (Å²) < 4.78 is 0. The Labute approximate surface area is 194 Å². The van der Waals surface area contributed by atoms with Gasteiger partial charge in [0, 0.05) is 19.5 Å². The van der Waals surface area contributed by atoms with Crippen LogP contribution in [0.2, 0.25) is 0 Å². The fourth-order valence-corrected chi connectivity index (χ4v) is 4.25. The minimum atomic E-state index is -1.15. The van der Waals surface area contributed by atoms with Crippen LogP contribution >= 0.6 is 0 Å². The molecule has 2 aromatic carbocycles. The molecule has 0 saturated carbocycles. The summed E-state index contributed by atoms with van der Waals surface area (Å²) in [6.45, 7) is 1.29. The van der Waals surface area contributed by atoms with Gasteiger partial charge in [0.25, 0.3) is 0 Å². The third-order valence-electron chi connectivity index (χ3n) is 6.08. The quantitative estimate of drug-likeness (QED) is 0.513. The van der Waals surface area contributed by atoms with E-state index in [2.05, 4.69) is 17.4 Å². The summed E-state index contributed by atoms with van der Waals surface area (Å²) >= 11 is 0. The van der Waals surface area contributed by atoms with Gasteiger partial charge in [0.15, 0.2) is 0 Å². The van der Waals surface area contributed by atoms with Gasteiger partial charge in [-0.05, 0) is 36.3 Å². The van der Waals surface area contributed by atoms with Crippen molar-refractivity contribution in [3.63, 3.8) is 0 Å². The second-order valence-electron chi connectivity index (χ2n) is 8.72. The molecule has 7 heteroatoms. The Morgan fingerprint density at radius 3 is 2.06 bits per heavy atom. The third kappa shape index (κ3) is 8.02. The van der Waals surface area contributed by atoms with Gasteiger partial charge in [-0.3, -0.25) is 9.59 Å². The number of likely N-dealkylation sites (tertiary alicyclic amines) is 1. The number of hydrogen-bond acceptors (Lipinski definition) is 4. The molecule has 0 radical (unpaired) electrons. The number of aliphatic hydroxyl groups excluding tert-OH is 1. The smallest absolute Gasteiger partial charge is 0.326 e. The lowest BCUT2D eigenvalue weighted by molar-refractivity contribution is -0.142. The number of hydrogen-bond donors (Lipinski definition) is 3. The Morgan fingerprint density at radius 1 is 0.909 bits per heavy atom. The van der Waals surface area contributed by atoms with E-state index in [-0.39, 0.29) is 25.2 Å². The molecule has 1 heterocycles. The van der Waals surface area contributed by atoms with Crippen molar-refractivity contribution in [3.05, 3.63) is 71.8 Å². The van der Waals surface area contributed by atoms with E-state index in [0.29, 0.717) is 19.0 Å². The molecule has 2 atom stereocenters. The van der Waals surface area contributed by atoms with Crippen molar-refractivity contribution in [1.29, 1.82) is 0 Å². The first-order valence-electron chi connectivity index (χ1n) is 11.5. The minimum absolute atomic E-state index is 0.146. The van der Waals surface area contributed by atoms with Gasteiger partial charge >= 0.3 is 5.97 Å². The molecule has 3 rings (SSSR count). The van der Waals surface area contributed by atoms with Gasteiger partial charge in [0.2, 0.25) is 11.8 Å². The van der Waals surface area contributed by atoms with Gasteiger partial charge in [0.1, 0.15) is 6.04 Å². The lowest BCUT2D eigenvalue weighted by Crippen LogP contribution is -2.44. The van der Waals surface area contributed by atoms with Crippen molar-refractivity contribution in [2.45, 2.75) is 50.7 Å². The number of carbonyl (C=O) groups excluding carboxylic acids is 2. The number of nitrogens with zero attached hydrogens (tertiary/aromatic N) is 1. The van der Waals surface area contributed by atoms with Gasteiger partial charge in [-0.2, -0.15) is 0 Å². The Hall–Kier alpha value is -3.19. The molecular weight excluding hydrogens is 420 g/mol. The Bertz CT molecular complexity index is 911. The average Bonchev–Trinajstić information content (AvgIpc) is 2.80. The summed E-state index contributed by atoms with van der Waals surface area (Å²) in [6.07, 6.45) is 1.37. The van der Waals surface area contributed by atoms with Crippen LogP contribution in [0.1, 0.15) is 36.8 Å². The highest BCUT2D eigenvalue weighted by molar-refractivity contribution is 5.84. The SMILES string of the molecule is O=C(CC(O)CC(=O)N1CCC(Cc2ccccc2)CC1)NC(Cc1ccccc1)C(=O)O. The van der Waals surface area contributed by atoms with E-state index in [0.717, 1.165) is 24.8 Å². The molecule has 2 unspecified atom stereocenters. The van der Waals surface area contributed by atoms with Crippen molar-refractivity contribution in [1.82, 2.24) is 10.2 Å². The third-order valence-corrected chi connectivity index (χ3v) is 6.08. The van der Waals surface area contributed by atoms with Crippen LogP contribution in [-0.4, -0.2) is 58.1 Å². The molecule has 176 valence electrons. The van der Waals surface area contributed by atoms with Crippen LogP contribution in [0.25, 0.3) is 0 Å². The van der Waals surface area contributed by atoms with E-state index in [1.807, 2.05) is 24.3 Å². The fraction of sp³-hybridized carbons (Fsp3) is 0.423. The van der Waals surface area contributed by atoms with Crippen LogP contribution < -0.4 is 5.32 Å². The zero-order valence-corrected chi connectivity index (χ0v) is 18.7. The predicted octanol–water partition coefficient (Wildman–Crippen LogP) is 2.42. The maximum Gasteiger partial charge on any atom is 0.326 e. The van der Waals surface area contributed by atoms with Crippen molar-refractivity contribution >= 4 is 17.8 Å². The highest BCUT2D eigenvalue weighted by Crippen LogP contribution is 2.22. The second-order valence-corrected chi connectivity index (χ2v) is 8.72. The van der Waals surface area contributed by atoms with Gasteiger partial charge in [0.05, 0.1) is 18.9 Å². The van der Waals surface area contributed by atoms with Gasteiger partial charge in [-0.25, -0.2) is 4.79 Å². The largest absolute Gasteiger partial charge is 0.480 e. The molecule has 1 saturated heterocycles. The van der Waals surface area contributed by atoms with E-state index >= 15 is 0 Å². The summed E-state index contributed by atoms with van der Waals surface area (Å²) in [4.78, 5) is 38.1. The van der Waals surface area contributed by atoms with Crippen LogP contribution in [0.15, 0.2) is 60.7 Å². The lowest BCUT2D eigenvalue weighted by Gasteiger charge is -2.32. The topological polar surface area (TPSA) is 107 Å². The summed E-state index contributed by atoms with van der Waals surface area (Å²) in [5, 5.41) is 22.1. The molecule has 1 aliphatic heterocycles. The number of carbonyl (C=O) groups is 3. The number of rotatable bonds is 10.